The number of H-pyrrole nitrogens is 1. The fourth-order valence-electron chi connectivity index (χ4n) is 3.71. The number of benzene rings is 2. The average Bonchev–Trinajstić information content (AvgIpc) is 3.29. The number of para-hydroxylation sites is 2. The van der Waals surface area contributed by atoms with Crippen LogP contribution in [0.1, 0.15) is 18.2 Å². The summed E-state index contributed by atoms with van der Waals surface area (Å²) in [6, 6.07) is 15.8. The van der Waals surface area contributed by atoms with Gasteiger partial charge >= 0.3 is 0 Å². The molecule has 0 spiro atoms. The van der Waals surface area contributed by atoms with Gasteiger partial charge in [-0.1, -0.05) is 24.3 Å². The van der Waals surface area contributed by atoms with E-state index < -0.39 is 0 Å². The SMILES string of the molecule is CC(=O)Nc1ccc(-c2nn(-c3nc4ccccc4[nH]3)c3c2CNCC3)cc1. The molecule has 7 heteroatoms. The molecule has 3 heterocycles. The highest BCUT2D eigenvalue weighted by atomic mass is 16.1. The average molecular weight is 372 g/mol. The zero-order chi connectivity index (χ0) is 19.1. The summed E-state index contributed by atoms with van der Waals surface area (Å²) in [7, 11) is 0. The van der Waals surface area contributed by atoms with Gasteiger partial charge in [0, 0.05) is 43.2 Å². The first-order valence-corrected chi connectivity index (χ1v) is 9.34. The molecule has 28 heavy (non-hydrogen) atoms. The van der Waals surface area contributed by atoms with Crippen molar-refractivity contribution in [3.63, 3.8) is 0 Å². The van der Waals surface area contributed by atoms with Crippen LogP contribution in [0, 0.1) is 0 Å². The maximum atomic E-state index is 11.2. The first kappa shape index (κ1) is 16.7. The van der Waals surface area contributed by atoms with Gasteiger partial charge in [0.1, 0.15) is 0 Å². The third-order valence-corrected chi connectivity index (χ3v) is 4.99. The Morgan fingerprint density at radius 3 is 2.75 bits per heavy atom. The molecule has 0 bridgehead atoms. The van der Waals surface area contributed by atoms with E-state index in [-0.39, 0.29) is 5.91 Å². The molecular formula is C21H20N6O. The summed E-state index contributed by atoms with van der Waals surface area (Å²) in [6.07, 6.45) is 0.892. The lowest BCUT2D eigenvalue weighted by Crippen LogP contribution is -2.24. The summed E-state index contributed by atoms with van der Waals surface area (Å²) >= 11 is 0. The van der Waals surface area contributed by atoms with E-state index in [2.05, 4.69) is 15.6 Å². The Kier molecular flexibility index (Phi) is 3.95. The maximum absolute atomic E-state index is 11.2. The number of nitrogens with zero attached hydrogens (tertiary/aromatic N) is 3. The van der Waals surface area contributed by atoms with Crippen LogP contribution in [0.2, 0.25) is 0 Å². The van der Waals surface area contributed by atoms with Crippen molar-refractivity contribution in [2.75, 3.05) is 11.9 Å². The molecule has 1 aliphatic heterocycles. The first-order chi connectivity index (χ1) is 13.7. The van der Waals surface area contributed by atoms with E-state index in [1.54, 1.807) is 0 Å². The van der Waals surface area contributed by atoms with Crippen molar-refractivity contribution in [3.8, 4) is 17.2 Å². The Balaban J connectivity index is 1.60. The van der Waals surface area contributed by atoms with Gasteiger partial charge in [0.15, 0.2) is 0 Å². The van der Waals surface area contributed by atoms with Crippen LogP contribution in [0.25, 0.3) is 28.2 Å². The van der Waals surface area contributed by atoms with Crippen molar-refractivity contribution in [1.29, 1.82) is 0 Å². The van der Waals surface area contributed by atoms with Gasteiger partial charge in [0.25, 0.3) is 0 Å². The van der Waals surface area contributed by atoms with Gasteiger partial charge in [-0.25, -0.2) is 9.67 Å². The molecule has 7 nitrogen and oxygen atoms in total. The summed E-state index contributed by atoms with van der Waals surface area (Å²) in [4.78, 5) is 19.3. The summed E-state index contributed by atoms with van der Waals surface area (Å²) in [5.41, 5.74) is 7.03. The van der Waals surface area contributed by atoms with Crippen LogP contribution in [-0.4, -0.2) is 32.2 Å². The third kappa shape index (κ3) is 2.86. The number of carbonyl (C=O) groups excluding carboxylic acids is 1. The van der Waals surface area contributed by atoms with Crippen molar-refractivity contribution in [1.82, 2.24) is 25.1 Å². The second-order valence-electron chi connectivity index (χ2n) is 6.95. The van der Waals surface area contributed by atoms with E-state index in [9.17, 15) is 4.79 Å². The molecule has 5 rings (SSSR count). The van der Waals surface area contributed by atoms with Crippen LogP contribution in [0.5, 0.6) is 0 Å². The van der Waals surface area contributed by atoms with E-state index >= 15 is 0 Å². The van der Waals surface area contributed by atoms with Crippen LogP contribution in [0.3, 0.4) is 0 Å². The van der Waals surface area contributed by atoms with Gasteiger partial charge in [-0.2, -0.15) is 5.10 Å². The standard InChI is InChI=1S/C21H20N6O/c1-13(28)23-15-8-6-14(7-9-15)20-16-12-22-11-10-19(16)27(26-20)21-24-17-4-2-3-5-18(17)25-21/h2-9,22H,10-12H2,1H3,(H,23,28)(H,24,25). The Morgan fingerprint density at radius 2 is 1.96 bits per heavy atom. The lowest BCUT2D eigenvalue weighted by Gasteiger charge is -2.14. The fourth-order valence-corrected chi connectivity index (χ4v) is 3.71. The van der Waals surface area contributed by atoms with Gasteiger partial charge in [-0.05, 0) is 24.3 Å². The monoisotopic (exact) mass is 372 g/mol. The highest BCUT2D eigenvalue weighted by molar-refractivity contribution is 5.89. The number of nitrogens with one attached hydrogen (secondary N) is 3. The number of aromatic amines is 1. The number of fused-ring (bicyclic) bond motifs is 2. The van der Waals surface area contributed by atoms with Gasteiger partial charge in [0.2, 0.25) is 11.9 Å². The number of amides is 1. The molecule has 2 aromatic heterocycles. The van der Waals surface area contributed by atoms with E-state index in [0.29, 0.717) is 0 Å². The topological polar surface area (TPSA) is 87.6 Å². The molecule has 0 unspecified atom stereocenters. The summed E-state index contributed by atoms with van der Waals surface area (Å²) in [6.45, 7) is 3.20. The number of aromatic nitrogens is 4. The van der Waals surface area contributed by atoms with E-state index in [0.717, 1.165) is 53.4 Å². The van der Waals surface area contributed by atoms with Crippen molar-refractivity contribution in [2.45, 2.75) is 19.9 Å². The molecule has 0 atom stereocenters. The Bertz CT molecular complexity index is 1140. The molecule has 4 aromatic rings. The maximum Gasteiger partial charge on any atom is 0.229 e. The molecule has 3 N–H and O–H groups in total. The number of anilines is 1. The van der Waals surface area contributed by atoms with Crippen LogP contribution >= 0.6 is 0 Å². The molecule has 0 fully saturated rings. The zero-order valence-corrected chi connectivity index (χ0v) is 15.5. The predicted molar refractivity (Wildman–Crippen MR) is 108 cm³/mol. The van der Waals surface area contributed by atoms with Crippen molar-refractivity contribution in [3.05, 3.63) is 59.8 Å². The van der Waals surface area contributed by atoms with Crippen LogP contribution < -0.4 is 10.6 Å². The molecule has 1 aliphatic rings. The first-order valence-electron chi connectivity index (χ1n) is 9.34. The molecule has 0 saturated carbocycles. The van der Waals surface area contributed by atoms with Crippen LogP contribution in [0.15, 0.2) is 48.5 Å². The van der Waals surface area contributed by atoms with E-state index in [1.807, 2.05) is 53.2 Å². The van der Waals surface area contributed by atoms with Crippen molar-refractivity contribution >= 4 is 22.6 Å². The molecule has 0 radical (unpaired) electrons. The molecular weight excluding hydrogens is 352 g/mol. The summed E-state index contributed by atoms with van der Waals surface area (Å²) in [5.74, 6) is 0.656. The molecule has 2 aromatic carbocycles. The second-order valence-corrected chi connectivity index (χ2v) is 6.95. The highest BCUT2D eigenvalue weighted by Crippen LogP contribution is 2.30. The zero-order valence-electron chi connectivity index (χ0n) is 15.5. The molecule has 0 saturated heterocycles. The van der Waals surface area contributed by atoms with Crippen LogP contribution in [-0.2, 0) is 17.8 Å². The second kappa shape index (κ2) is 6.61. The van der Waals surface area contributed by atoms with Crippen LogP contribution in [0.4, 0.5) is 5.69 Å². The smallest absolute Gasteiger partial charge is 0.229 e. The molecule has 1 amide bonds. The number of imidazole rings is 1. The Labute approximate surface area is 161 Å². The van der Waals surface area contributed by atoms with Gasteiger partial charge in [-0.15, -0.1) is 0 Å². The van der Waals surface area contributed by atoms with Gasteiger partial charge in [0.05, 0.1) is 22.4 Å². The fraction of sp³-hybridized carbons (Fsp3) is 0.190. The Morgan fingerprint density at radius 1 is 1.14 bits per heavy atom. The van der Waals surface area contributed by atoms with E-state index in [1.165, 1.54) is 18.2 Å². The molecule has 0 aliphatic carbocycles. The number of carbonyl (C=O) groups is 1. The minimum atomic E-state index is -0.0801. The quantitative estimate of drug-likeness (QED) is 0.516. The number of hydrogen-bond acceptors (Lipinski definition) is 4. The summed E-state index contributed by atoms with van der Waals surface area (Å²) < 4.78 is 1.94. The van der Waals surface area contributed by atoms with E-state index in [4.69, 9.17) is 10.1 Å². The highest BCUT2D eigenvalue weighted by Gasteiger charge is 2.23. The normalized spacial score (nSPS) is 13.5. The summed E-state index contributed by atoms with van der Waals surface area (Å²) in [5, 5.41) is 11.2. The largest absolute Gasteiger partial charge is 0.326 e. The van der Waals surface area contributed by atoms with Gasteiger partial charge in [-0.3, -0.25) is 4.79 Å². The van der Waals surface area contributed by atoms with Gasteiger partial charge < -0.3 is 15.6 Å². The van der Waals surface area contributed by atoms with Crippen molar-refractivity contribution < 1.29 is 4.79 Å². The number of rotatable bonds is 3. The third-order valence-electron chi connectivity index (χ3n) is 4.99. The minimum Gasteiger partial charge on any atom is -0.326 e. The Hall–Kier alpha value is -3.45. The number of hydrogen-bond donors (Lipinski definition) is 3. The predicted octanol–water partition coefficient (Wildman–Crippen LogP) is 3.02. The lowest BCUT2D eigenvalue weighted by molar-refractivity contribution is -0.114. The van der Waals surface area contributed by atoms with Crippen molar-refractivity contribution in [2.24, 2.45) is 0 Å². The molecule has 140 valence electrons. The lowest BCUT2D eigenvalue weighted by atomic mass is 10.0. The minimum absolute atomic E-state index is 0.0801.